The first-order valence-electron chi connectivity index (χ1n) is 6.63. The van der Waals surface area contributed by atoms with Crippen molar-refractivity contribution in [2.45, 2.75) is 38.2 Å². The molecule has 3 nitrogen and oxygen atoms in total. The molecule has 0 aromatic heterocycles. The van der Waals surface area contributed by atoms with E-state index in [2.05, 4.69) is 36.5 Å². The van der Waals surface area contributed by atoms with E-state index in [4.69, 9.17) is 0 Å². The Morgan fingerprint density at radius 2 is 1.95 bits per heavy atom. The second kappa shape index (κ2) is 8.23. The molecular formula is C15H23NO2S. The number of hydrogen-bond donors (Lipinski definition) is 2. The second-order valence-corrected chi connectivity index (χ2v) is 6.20. The van der Waals surface area contributed by atoms with E-state index >= 15 is 0 Å². The largest absolute Gasteiger partial charge is 0.391 e. The van der Waals surface area contributed by atoms with E-state index in [9.17, 15) is 9.90 Å². The Morgan fingerprint density at radius 3 is 2.53 bits per heavy atom. The number of nitrogens with one attached hydrogen (secondary N) is 1. The van der Waals surface area contributed by atoms with Crippen LogP contribution in [0.1, 0.15) is 25.8 Å². The van der Waals surface area contributed by atoms with Gasteiger partial charge in [-0.05, 0) is 25.0 Å². The number of carbonyl (C=O) groups is 1. The molecule has 2 N–H and O–H groups in total. The lowest BCUT2D eigenvalue weighted by Crippen LogP contribution is -2.34. The highest BCUT2D eigenvalue weighted by Gasteiger charge is 2.10. The molecular weight excluding hydrogens is 258 g/mol. The van der Waals surface area contributed by atoms with E-state index in [-0.39, 0.29) is 11.8 Å². The van der Waals surface area contributed by atoms with Crippen molar-refractivity contribution in [1.82, 2.24) is 5.32 Å². The number of aliphatic hydroxyl groups excluding tert-OH is 1. The molecule has 0 bridgehead atoms. The maximum Gasteiger partial charge on any atom is 0.220 e. The fourth-order valence-corrected chi connectivity index (χ4v) is 2.29. The molecule has 0 aliphatic rings. The smallest absolute Gasteiger partial charge is 0.220 e. The summed E-state index contributed by atoms with van der Waals surface area (Å²) in [5.41, 5.74) is 1.24. The van der Waals surface area contributed by atoms with Crippen molar-refractivity contribution in [3.63, 3.8) is 0 Å². The van der Waals surface area contributed by atoms with Crippen molar-refractivity contribution in [3.8, 4) is 0 Å². The summed E-state index contributed by atoms with van der Waals surface area (Å²) < 4.78 is 0. The third kappa shape index (κ3) is 6.64. The van der Waals surface area contributed by atoms with E-state index < -0.39 is 6.10 Å². The van der Waals surface area contributed by atoms with Crippen LogP contribution >= 0.6 is 11.8 Å². The van der Waals surface area contributed by atoms with Gasteiger partial charge in [0.1, 0.15) is 0 Å². The van der Waals surface area contributed by atoms with E-state index in [1.54, 1.807) is 11.8 Å². The Balaban J connectivity index is 2.18. The average Bonchev–Trinajstić information content (AvgIpc) is 2.38. The quantitative estimate of drug-likeness (QED) is 0.755. The van der Waals surface area contributed by atoms with E-state index in [1.165, 1.54) is 10.5 Å². The molecule has 1 aromatic rings. The summed E-state index contributed by atoms with van der Waals surface area (Å²) >= 11 is 1.67. The van der Waals surface area contributed by atoms with Gasteiger partial charge in [-0.1, -0.05) is 31.5 Å². The second-order valence-electron chi connectivity index (χ2n) is 5.03. The van der Waals surface area contributed by atoms with Crippen LogP contribution in [0, 0.1) is 12.8 Å². The Bertz CT molecular complexity index is 390. The van der Waals surface area contributed by atoms with Crippen molar-refractivity contribution >= 4 is 17.7 Å². The molecule has 4 heteroatoms. The summed E-state index contributed by atoms with van der Waals surface area (Å²) in [5, 5.41) is 12.3. The number of rotatable bonds is 7. The molecule has 0 aliphatic heterocycles. The fraction of sp³-hybridized carbons (Fsp3) is 0.533. The topological polar surface area (TPSA) is 49.3 Å². The van der Waals surface area contributed by atoms with Crippen LogP contribution in [0.3, 0.4) is 0 Å². The minimum absolute atomic E-state index is 0.000637. The third-order valence-corrected chi connectivity index (χ3v) is 3.91. The molecule has 0 saturated carbocycles. The molecule has 0 heterocycles. The highest BCUT2D eigenvalue weighted by molar-refractivity contribution is 7.99. The minimum Gasteiger partial charge on any atom is -0.391 e. The van der Waals surface area contributed by atoms with E-state index in [1.807, 2.05) is 13.8 Å². The normalized spacial score (nSPS) is 12.5. The van der Waals surface area contributed by atoms with Gasteiger partial charge in [0.2, 0.25) is 5.91 Å². The minimum atomic E-state index is -0.464. The number of aryl methyl sites for hydroxylation is 1. The van der Waals surface area contributed by atoms with E-state index in [0.29, 0.717) is 13.0 Å². The maximum atomic E-state index is 11.6. The lowest BCUT2D eigenvalue weighted by Gasteiger charge is -2.14. The Kier molecular flexibility index (Phi) is 6.95. The van der Waals surface area contributed by atoms with Crippen LogP contribution in [0.4, 0.5) is 0 Å². The molecule has 1 unspecified atom stereocenters. The molecule has 1 atom stereocenters. The van der Waals surface area contributed by atoms with Gasteiger partial charge >= 0.3 is 0 Å². The van der Waals surface area contributed by atoms with Crippen molar-refractivity contribution < 1.29 is 9.90 Å². The molecule has 0 saturated heterocycles. The van der Waals surface area contributed by atoms with Gasteiger partial charge in [0, 0.05) is 23.6 Å². The number of hydrogen-bond acceptors (Lipinski definition) is 3. The Morgan fingerprint density at radius 1 is 1.32 bits per heavy atom. The molecule has 1 amide bonds. The number of benzene rings is 1. The van der Waals surface area contributed by atoms with Crippen LogP contribution < -0.4 is 5.32 Å². The Hall–Kier alpha value is -1.00. The van der Waals surface area contributed by atoms with Gasteiger partial charge in [-0.3, -0.25) is 4.79 Å². The first-order chi connectivity index (χ1) is 8.99. The van der Waals surface area contributed by atoms with Crippen LogP contribution in [0.25, 0.3) is 0 Å². The Labute approximate surface area is 119 Å². The molecule has 0 spiro atoms. The number of thioether (sulfide) groups is 1. The summed E-state index contributed by atoms with van der Waals surface area (Å²) in [6.45, 7) is 6.27. The summed E-state index contributed by atoms with van der Waals surface area (Å²) in [6.07, 6.45) is 0.0114. The number of carbonyl (C=O) groups excluding carboxylic acids is 1. The predicted molar refractivity (Wildman–Crippen MR) is 80.4 cm³/mol. The molecule has 0 radical (unpaired) electrons. The van der Waals surface area contributed by atoms with Crippen LogP contribution in [-0.2, 0) is 4.79 Å². The molecule has 1 aromatic carbocycles. The molecule has 0 aliphatic carbocycles. The van der Waals surface area contributed by atoms with Crippen LogP contribution in [0.15, 0.2) is 29.2 Å². The van der Waals surface area contributed by atoms with Crippen LogP contribution in [0.5, 0.6) is 0 Å². The zero-order valence-electron chi connectivity index (χ0n) is 11.8. The van der Waals surface area contributed by atoms with Gasteiger partial charge in [-0.15, -0.1) is 11.8 Å². The molecule has 19 heavy (non-hydrogen) atoms. The molecule has 0 fully saturated rings. The van der Waals surface area contributed by atoms with Gasteiger partial charge in [-0.25, -0.2) is 0 Å². The number of amides is 1. The zero-order chi connectivity index (χ0) is 14.3. The monoisotopic (exact) mass is 281 g/mol. The van der Waals surface area contributed by atoms with Crippen molar-refractivity contribution in [3.05, 3.63) is 29.8 Å². The summed E-state index contributed by atoms with van der Waals surface area (Å²) in [7, 11) is 0. The highest BCUT2D eigenvalue weighted by Crippen LogP contribution is 2.18. The van der Waals surface area contributed by atoms with E-state index in [0.717, 1.165) is 5.75 Å². The van der Waals surface area contributed by atoms with Crippen molar-refractivity contribution in [1.29, 1.82) is 0 Å². The van der Waals surface area contributed by atoms with Gasteiger partial charge in [0.15, 0.2) is 0 Å². The summed E-state index contributed by atoms with van der Waals surface area (Å²) in [6, 6.07) is 8.28. The predicted octanol–water partition coefficient (Wildman–Crippen LogP) is 2.61. The van der Waals surface area contributed by atoms with Crippen molar-refractivity contribution in [2.24, 2.45) is 5.92 Å². The number of aliphatic hydroxyl groups is 1. The third-order valence-electron chi connectivity index (χ3n) is 2.90. The van der Waals surface area contributed by atoms with Gasteiger partial charge in [0.25, 0.3) is 0 Å². The highest BCUT2D eigenvalue weighted by atomic mass is 32.2. The van der Waals surface area contributed by atoms with Gasteiger partial charge in [-0.2, -0.15) is 0 Å². The van der Waals surface area contributed by atoms with Gasteiger partial charge < -0.3 is 10.4 Å². The summed E-state index contributed by atoms with van der Waals surface area (Å²) in [4.78, 5) is 12.8. The van der Waals surface area contributed by atoms with Crippen molar-refractivity contribution in [2.75, 3.05) is 12.3 Å². The summed E-state index contributed by atoms with van der Waals surface area (Å²) in [5.74, 6) is 0.925. The standard InChI is InChI=1S/C15H23NO2S/c1-11(2)14(17)10-16-15(18)8-9-19-13-6-4-12(3)5-7-13/h4-7,11,14,17H,8-10H2,1-3H3,(H,16,18). The maximum absolute atomic E-state index is 11.6. The van der Waals surface area contributed by atoms with Crippen LogP contribution in [-0.4, -0.2) is 29.4 Å². The molecule has 106 valence electrons. The SMILES string of the molecule is Cc1ccc(SCCC(=O)NCC(O)C(C)C)cc1. The van der Waals surface area contributed by atoms with Gasteiger partial charge in [0.05, 0.1) is 6.10 Å². The lowest BCUT2D eigenvalue weighted by molar-refractivity contribution is -0.121. The zero-order valence-corrected chi connectivity index (χ0v) is 12.7. The van der Waals surface area contributed by atoms with Crippen LogP contribution in [0.2, 0.25) is 0 Å². The first-order valence-corrected chi connectivity index (χ1v) is 7.62. The first kappa shape index (κ1) is 16.1. The lowest BCUT2D eigenvalue weighted by atomic mass is 10.1. The molecule has 1 rings (SSSR count). The fourth-order valence-electron chi connectivity index (χ4n) is 1.44. The average molecular weight is 281 g/mol.